The third kappa shape index (κ3) is 6.93. The van der Waals surface area contributed by atoms with E-state index in [1.165, 1.54) is 17.4 Å². The summed E-state index contributed by atoms with van der Waals surface area (Å²) in [5.74, 6) is 0.974. The van der Waals surface area contributed by atoms with Crippen molar-refractivity contribution in [3.63, 3.8) is 0 Å². The van der Waals surface area contributed by atoms with E-state index in [0.29, 0.717) is 29.7 Å². The minimum atomic E-state index is -0.514. The molecule has 0 saturated heterocycles. The number of nitrogens with zero attached hydrogens (tertiary/aromatic N) is 3. The third-order valence-electron chi connectivity index (χ3n) is 4.32. The first-order valence-electron chi connectivity index (χ1n) is 10.2. The van der Waals surface area contributed by atoms with Crippen LogP contribution in [0.2, 0.25) is 0 Å². The highest BCUT2D eigenvalue weighted by Gasteiger charge is 2.12. The van der Waals surface area contributed by atoms with E-state index >= 15 is 0 Å². The van der Waals surface area contributed by atoms with Crippen molar-refractivity contribution >= 4 is 28.5 Å². The number of nitriles is 1. The minimum absolute atomic E-state index is 0.0162. The molecule has 1 N–H and O–H groups in total. The molecule has 0 atom stereocenters. The smallest absolute Gasteiger partial charge is 0.268 e. The zero-order valence-electron chi connectivity index (χ0n) is 18.0. The monoisotopic (exact) mass is 448 g/mol. The van der Waals surface area contributed by atoms with Crippen LogP contribution in [0.3, 0.4) is 0 Å². The molecular weight excluding hydrogens is 424 g/mol. The predicted octanol–water partition coefficient (Wildman–Crippen LogP) is 4.80. The van der Waals surface area contributed by atoms with Crippen LogP contribution in [-0.4, -0.2) is 29.3 Å². The Hall–Kier alpha value is -3.70. The summed E-state index contributed by atoms with van der Waals surface area (Å²) in [7, 11) is 0. The Balaban J connectivity index is 1.51. The highest BCUT2D eigenvalue weighted by molar-refractivity contribution is 7.15. The summed E-state index contributed by atoms with van der Waals surface area (Å²) in [6.45, 7) is 4.89. The summed E-state index contributed by atoms with van der Waals surface area (Å²) in [5.41, 5.74) is 1.84. The van der Waals surface area contributed by atoms with E-state index in [0.717, 1.165) is 29.2 Å². The van der Waals surface area contributed by atoms with E-state index < -0.39 is 5.91 Å². The fourth-order valence-electron chi connectivity index (χ4n) is 2.78. The first-order valence-corrected chi connectivity index (χ1v) is 11.1. The zero-order valence-corrected chi connectivity index (χ0v) is 18.8. The number of anilines is 1. The highest BCUT2D eigenvalue weighted by atomic mass is 32.1. The van der Waals surface area contributed by atoms with Crippen LogP contribution >= 0.6 is 11.3 Å². The Morgan fingerprint density at radius 1 is 1.12 bits per heavy atom. The van der Waals surface area contributed by atoms with E-state index in [-0.39, 0.29) is 5.57 Å². The second kappa shape index (κ2) is 11.6. The van der Waals surface area contributed by atoms with E-state index in [9.17, 15) is 10.1 Å². The maximum atomic E-state index is 12.4. The van der Waals surface area contributed by atoms with Crippen molar-refractivity contribution < 1.29 is 14.3 Å². The molecule has 0 spiro atoms. The summed E-state index contributed by atoms with van der Waals surface area (Å²) in [6.07, 6.45) is 3.28. The topological polar surface area (TPSA) is 97.1 Å². The van der Waals surface area contributed by atoms with Crippen molar-refractivity contribution in [2.45, 2.75) is 26.7 Å². The van der Waals surface area contributed by atoms with Gasteiger partial charge in [0.25, 0.3) is 5.91 Å². The van der Waals surface area contributed by atoms with Crippen LogP contribution in [0, 0.1) is 18.3 Å². The van der Waals surface area contributed by atoms with Crippen molar-refractivity contribution in [2.24, 2.45) is 0 Å². The summed E-state index contributed by atoms with van der Waals surface area (Å²) in [6, 6.07) is 16.9. The number of rotatable bonds is 10. The molecule has 0 aliphatic heterocycles. The molecule has 2 aromatic carbocycles. The number of aryl methyl sites for hydroxylation is 2. The molecule has 3 aromatic rings. The molecule has 7 nitrogen and oxygen atoms in total. The maximum Gasteiger partial charge on any atom is 0.268 e. The molecule has 0 unspecified atom stereocenters. The van der Waals surface area contributed by atoms with Crippen molar-refractivity contribution in [3.8, 4) is 17.6 Å². The summed E-state index contributed by atoms with van der Waals surface area (Å²) in [4.78, 5) is 12.4. The fourth-order valence-corrected chi connectivity index (χ4v) is 3.62. The zero-order chi connectivity index (χ0) is 22.8. The van der Waals surface area contributed by atoms with Crippen LogP contribution in [0.1, 0.15) is 29.5 Å². The Bertz CT molecular complexity index is 1120. The Morgan fingerprint density at radius 2 is 1.88 bits per heavy atom. The largest absolute Gasteiger partial charge is 0.490 e. The average molecular weight is 449 g/mol. The normalized spacial score (nSPS) is 11.0. The van der Waals surface area contributed by atoms with Gasteiger partial charge in [-0.25, -0.2) is 0 Å². The summed E-state index contributed by atoms with van der Waals surface area (Å²) < 4.78 is 11.4. The molecule has 0 bridgehead atoms. The molecule has 0 aliphatic rings. The van der Waals surface area contributed by atoms with Gasteiger partial charge in [-0.1, -0.05) is 42.5 Å². The molecule has 164 valence electrons. The van der Waals surface area contributed by atoms with Gasteiger partial charge in [-0.3, -0.25) is 10.1 Å². The quantitative estimate of drug-likeness (QED) is 0.272. The predicted molar refractivity (Wildman–Crippen MR) is 125 cm³/mol. The lowest BCUT2D eigenvalue weighted by Gasteiger charge is -2.09. The number of amides is 1. The second-order valence-electron chi connectivity index (χ2n) is 6.96. The van der Waals surface area contributed by atoms with Gasteiger partial charge in [-0.15, -0.1) is 10.2 Å². The standard InChI is InChI=1S/C24H24N4O3S/c1-3-5-22-27-28-24(32-22)26-23(29)19(16-25)15-18-8-10-20(11-9-18)30-12-13-31-21-7-4-6-17(2)14-21/h4,6-11,14-15H,3,5,12-13H2,1-2H3,(H,26,28,29)/b19-15-. The fraction of sp³-hybridized carbons (Fsp3) is 0.250. The van der Waals surface area contributed by atoms with Crippen LogP contribution in [0.4, 0.5) is 5.13 Å². The van der Waals surface area contributed by atoms with Crippen LogP contribution in [0.5, 0.6) is 11.5 Å². The minimum Gasteiger partial charge on any atom is -0.490 e. The van der Waals surface area contributed by atoms with Crippen LogP contribution < -0.4 is 14.8 Å². The third-order valence-corrected chi connectivity index (χ3v) is 5.22. The molecule has 0 saturated carbocycles. The molecule has 0 aliphatic carbocycles. The summed E-state index contributed by atoms with van der Waals surface area (Å²) >= 11 is 1.31. The van der Waals surface area contributed by atoms with Crippen molar-refractivity contribution in [3.05, 3.63) is 70.2 Å². The molecule has 0 radical (unpaired) electrons. The molecular formula is C24H24N4O3S. The van der Waals surface area contributed by atoms with Gasteiger partial charge in [0, 0.05) is 6.42 Å². The lowest BCUT2D eigenvalue weighted by Crippen LogP contribution is -2.13. The number of hydrogen-bond acceptors (Lipinski definition) is 7. The van der Waals surface area contributed by atoms with E-state index in [2.05, 4.69) is 15.5 Å². The highest BCUT2D eigenvalue weighted by Crippen LogP contribution is 2.19. The maximum absolute atomic E-state index is 12.4. The van der Waals surface area contributed by atoms with Crippen molar-refractivity contribution in [1.29, 1.82) is 5.26 Å². The van der Waals surface area contributed by atoms with E-state index in [1.54, 1.807) is 24.3 Å². The lowest BCUT2D eigenvalue weighted by molar-refractivity contribution is -0.112. The number of carbonyl (C=O) groups is 1. The lowest BCUT2D eigenvalue weighted by atomic mass is 10.1. The second-order valence-corrected chi connectivity index (χ2v) is 8.02. The molecule has 0 fully saturated rings. The summed E-state index contributed by atoms with van der Waals surface area (Å²) in [5, 5.41) is 21.2. The molecule has 1 aromatic heterocycles. The molecule has 3 rings (SSSR count). The van der Waals surface area contributed by atoms with Gasteiger partial charge >= 0.3 is 0 Å². The van der Waals surface area contributed by atoms with Gasteiger partial charge < -0.3 is 9.47 Å². The molecule has 1 heterocycles. The van der Waals surface area contributed by atoms with Crippen LogP contribution in [0.25, 0.3) is 6.08 Å². The van der Waals surface area contributed by atoms with Crippen molar-refractivity contribution in [2.75, 3.05) is 18.5 Å². The number of carbonyl (C=O) groups excluding carboxylic acids is 1. The number of aromatic nitrogens is 2. The van der Waals surface area contributed by atoms with E-state index in [4.69, 9.17) is 9.47 Å². The van der Waals surface area contributed by atoms with Gasteiger partial charge in [0.15, 0.2) is 0 Å². The first kappa shape index (κ1) is 23.0. The van der Waals surface area contributed by atoms with Gasteiger partial charge in [-0.2, -0.15) is 5.26 Å². The van der Waals surface area contributed by atoms with Crippen LogP contribution in [-0.2, 0) is 11.2 Å². The molecule has 1 amide bonds. The van der Waals surface area contributed by atoms with Crippen molar-refractivity contribution in [1.82, 2.24) is 10.2 Å². The van der Waals surface area contributed by atoms with Gasteiger partial charge in [0.05, 0.1) is 0 Å². The Labute approximate surface area is 191 Å². The van der Waals surface area contributed by atoms with Gasteiger partial charge in [0.2, 0.25) is 5.13 Å². The molecule has 32 heavy (non-hydrogen) atoms. The van der Waals surface area contributed by atoms with E-state index in [1.807, 2.05) is 44.2 Å². The number of ether oxygens (including phenoxy) is 2. The van der Waals surface area contributed by atoms with Gasteiger partial charge in [0.1, 0.15) is 41.4 Å². The molecule has 8 heteroatoms. The Kier molecular flexibility index (Phi) is 8.35. The number of hydrogen-bond donors (Lipinski definition) is 1. The average Bonchev–Trinajstić information content (AvgIpc) is 3.23. The number of nitrogens with one attached hydrogen (secondary N) is 1. The van der Waals surface area contributed by atoms with Crippen LogP contribution in [0.15, 0.2) is 54.1 Å². The number of benzene rings is 2. The first-order chi connectivity index (χ1) is 15.6. The SMILES string of the molecule is CCCc1nnc(NC(=O)/C(C#N)=C\c2ccc(OCCOc3cccc(C)c3)cc2)s1. The Morgan fingerprint density at radius 3 is 2.56 bits per heavy atom. The van der Waals surface area contributed by atoms with Gasteiger partial charge in [-0.05, 0) is 54.8 Å².